The van der Waals surface area contributed by atoms with Gasteiger partial charge in [0.05, 0.1) is 28.7 Å². The number of carbonyl (C=O) groups excluding carboxylic acids is 3. The molecule has 28 heavy (non-hydrogen) atoms. The van der Waals surface area contributed by atoms with Crippen molar-refractivity contribution in [1.82, 2.24) is 9.80 Å². The molecule has 0 aromatic heterocycles. The fraction of sp³-hybridized carbons (Fsp3) is 0.421. The van der Waals surface area contributed by atoms with Crippen molar-refractivity contribution < 1.29 is 23.9 Å². The highest BCUT2D eigenvalue weighted by atomic mass is 79.9. The molecule has 0 saturated carbocycles. The first-order chi connectivity index (χ1) is 13.3. The van der Waals surface area contributed by atoms with E-state index in [1.165, 1.54) is 0 Å². The Hall–Kier alpha value is -1.84. The van der Waals surface area contributed by atoms with Gasteiger partial charge in [-0.05, 0) is 65.3 Å². The highest BCUT2D eigenvalue weighted by molar-refractivity contribution is 9.10. The van der Waals surface area contributed by atoms with Crippen LogP contribution >= 0.6 is 27.7 Å². The minimum Gasteiger partial charge on any atom is -0.490 e. The molecule has 2 saturated heterocycles. The van der Waals surface area contributed by atoms with Gasteiger partial charge in [0, 0.05) is 13.1 Å². The topological polar surface area (TPSA) is 76.2 Å². The Labute approximate surface area is 176 Å². The molecule has 2 aliphatic rings. The van der Waals surface area contributed by atoms with E-state index in [-0.39, 0.29) is 18.6 Å². The Kier molecular flexibility index (Phi) is 6.79. The van der Waals surface area contributed by atoms with Crippen LogP contribution in [-0.4, -0.2) is 65.8 Å². The minimum absolute atomic E-state index is 0.0441. The molecular formula is C19H21BrN2O5S. The second-order valence-electron chi connectivity index (χ2n) is 6.62. The zero-order valence-corrected chi connectivity index (χ0v) is 18.0. The fourth-order valence-corrected chi connectivity index (χ4v) is 4.12. The Morgan fingerprint density at radius 2 is 2.04 bits per heavy atom. The highest BCUT2D eigenvalue weighted by Gasteiger charge is 2.37. The number of rotatable bonds is 5. The largest absolute Gasteiger partial charge is 0.490 e. The Bertz CT molecular complexity index is 821. The third-order valence-corrected chi connectivity index (χ3v) is 5.67. The summed E-state index contributed by atoms with van der Waals surface area (Å²) in [6.07, 6.45) is 1.69. The number of hydrogen-bond donors (Lipinski definition) is 0. The Morgan fingerprint density at radius 3 is 2.68 bits per heavy atom. The van der Waals surface area contributed by atoms with Gasteiger partial charge in [-0.2, -0.15) is 0 Å². The zero-order chi connectivity index (χ0) is 20.3. The highest BCUT2D eigenvalue weighted by Crippen LogP contribution is 2.34. The average Bonchev–Trinajstić information content (AvgIpc) is 2.92. The lowest BCUT2D eigenvalue weighted by molar-refractivity contribution is -0.139. The predicted molar refractivity (Wildman–Crippen MR) is 110 cm³/mol. The Balaban J connectivity index is 1.70. The molecule has 0 spiro atoms. The van der Waals surface area contributed by atoms with Gasteiger partial charge in [0.25, 0.3) is 11.1 Å². The first kappa shape index (κ1) is 20.9. The molecule has 0 unspecified atom stereocenters. The molecule has 0 aliphatic carbocycles. The van der Waals surface area contributed by atoms with Crippen LogP contribution in [0, 0.1) is 0 Å². The summed E-state index contributed by atoms with van der Waals surface area (Å²) < 4.78 is 11.7. The number of ether oxygens (including phenoxy) is 2. The summed E-state index contributed by atoms with van der Waals surface area (Å²) in [5.41, 5.74) is 0.757. The lowest BCUT2D eigenvalue weighted by Gasteiger charge is -2.28. The van der Waals surface area contributed by atoms with Gasteiger partial charge in [0.2, 0.25) is 5.91 Å². The van der Waals surface area contributed by atoms with E-state index in [0.29, 0.717) is 37.0 Å². The predicted octanol–water partition coefficient (Wildman–Crippen LogP) is 3.13. The molecule has 2 heterocycles. The molecule has 0 bridgehead atoms. The number of halogens is 1. The summed E-state index contributed by atoms with van der Waals surface area (Å²) in [6, 6.07) is 5.45. The van der Waals surface area contributed by atoms with E-state index in [0.717, 1.165) is 26.7 Å². The van der Waals surface area contributed by atoms with Crippen LogP contribution in [0.15, 0.2) is 27.6 Å². The maximum Gasteiger partial charge on any atom is 0.294 e. The van der Waals surface area contributed by atoms with Crippen LogP contribution in [0.3, 0.4) is 0 Å². The fourth-order valence-electron chi connectivity index (χ4n) is 2.79. The number of benzene rings is 1. The van der Waals surface area contributed by atoms with Crippen LogP contribution in [0.5, 0.6) is 5.75 Å². The molecule has 150 valence electrons. The van der Waals surface area contributed by atoms with E-state index in [1.807, 2.05) is 32.0 Å². The molecule has 0 N–H and O–H groups in total. The molecular weight excluding hydrogens is 448 g/mol. The smallest absolute Gasteiger partial charge is 0.294 e. The Morgan fingerprint density at radius 1 is 1.32 bits per heavy atom. The van der Waals surface area contributed by atoms with Gasteiger partial charge in [-0.3, -0.25) is 19.3 Å². The summed E-state index contributed by atoms with van der Waals surface area (Å²) in [5.74, 6) is 0.0105. The van der Waals surface area contributed by atoms with E-state index in [4.69, 9.17) is 9.47 Å². The lowest BCUT2D eigenvalue weighted by Crippen LogP contribution is -2.46. The van der Waals surface area contributed by atoms with Crippen LogP contribution in [-0.2, 0) is 14.3 Å². The third kappa shape index (κ3) is 4.95. The van der Waals surface area contributed by atoms with Gasteiger partial charge in [-0.15, -0.1) is 0 Å². The third-order valence-electron chi connectivity index (χ3n) is 4.15. The lowest BCUT2D eigenvalue weighted by atomic mass is 10.2. The number of carbonyl (C=O) groups is 3. The van der Waals surface area contributed by atoms with Crippen molar-refractivity contribution in [1.29, 1.82) is 0 Å². The van der Waals surface area contributed by atoms with Crippen molar-refractivity contribution in [3.05, 3.63) is 33.1 Å². The minimum atomic E-state index is -0.449. The number of hydrogen-bond acceptors (Lipinski definition) is 6. The molecule has 2 aliphatic heterocycles. The van der Waals surface area contributed by atoms with Gasteiger partial charge in [0.1, 0.15) is 12.3 Å². The summed E-state index contributed by atoms with van der Waals surface area (Å²) in [6.45, 7) is 5.53. The normalized spacial score (nSPS) is 19.1. The molecule has 7 nitrogen and oxygen atoms in total. The number of morpholine rings is 1. The summed E-state index contributed by atoms with van der Waals surface area (Å²) >= 11 is 4.30. The maximum atomic E-state index is 12.6. The van der Waals surface area contributed by atoms with E-state index in [2.05, 4.69) is 15.9 Å². The molecule has 3 amide bonds. The van der Waals surface area contributed by atoms with Gasteiger partial charge in [0.15, 0.2) is 0 Å². The number of thioether (sulfide) groups is 1. The van der Waals surface area contributed by atoms with Gasteiger partial charge in [-0.1, -0.05) is 6.07 Å². The summed E-state index contributed by atoms with van der Waals surface area (Å²) in [4.78, 5) is 40.1. The quantitative estimate of drug-likeness (QED) is 0.617. The summed E-state index contributed by atoms with van der Waals surface area (Å²) in [7, 11) is 0. The zero-order valence-electron chi connectivity index (χ0n) is 15.6. The number of nitrogens with zero attached hydrogens (tertiary/aromatic N) is 2. The molecule has 9 heteroatoms. The van der Waals surface area contributed by atoms with Crippen LogP contribution < -0.4 is 4.74 Å². The van der Waals surface area contributed by atoms with Crippen LogP contribution in [0.25, 0.3) is 6.08 Å². The van der Waals surface area contributed by atoms with E-state index in [1.54, 1.807) is 11.0 Å². The molecule has 1 aromatic carbocycles. The second-order valence-corrected chi connectivity index (χ2v) is 8.47. The number of imide groups is 1. The SMILES string of the molecule is CC(C)Oc1ccc(/C=C2/SC(=O)N(CC(=O)N3CCOCC3)C2=O)cc1Br. The average molecular weight is 469 g/mol. The van der Waals surface area contributed by atoms with Crippen LogP contribution in [0.4, 0.5) is 4.79 Å². The van der Waals surface area contributed by atoms with Gasteiger partial charge < -0.3 is 14.4 Å². The van der Waals surface area contributed by atoms with E-state index < -0.39 is 11.1 Å². The summed E-state index contributed by atoms with van der Waals surface area (Å²) in [5, 5.41) is -0.434. The second kappa shape index (κ2) is 9.11. The molecule has 3 rings (SSSR count). The molecule has 1 aromatic rings. The standard InChI is InChI=1S/C19H21BrN2O5S/c1-12(2)27-15-4-3-13(9-14(15)20)10-16-18(24)22(19(25)28-16)11-17(23)21-5-7-26-8-6-21/h3-4,9-10,12H,5-8,11H2,1-2H3/b16-10+. The first-order valence-corrected chi connectivity index (χ1v) is 10.5. The molecule has 0 radical (unpaired) electrons. The molecule has 2 fully saturated rings. The van der Waals surface area contributed by atoms with Crippen LogP contribution in [0.1, 0.15) is 19.4 Å². The molecule has 0 atom stereocenters. The van der Waals surface area contributed by atoms with Crippen molar-refractivity contribution >= 4 is 50.8 Å². The van der Waals surface area contributed by atoms with Crippen LogP contribution in [0.2, 0.25) is 0 Å². The number of amides is 3. The van der Waals surface area contributed by atoms with Crippen molar-refractivity contribution in [2.45, 2.75) is 20.0 Å². The van der Waals surface area contributed by atoms with Gasteiger partial charge >= 0.3 is 0 Å². The van der Waals surface area contributed by atoms with Crippen molar-refractivity contribution in [3.63, 3.8) is 0 Å². The first-order valence-electron chi connectivity index (χ1n) is 8.92. The van der Waals surface area contributed by atoms with Crippen molar-refractivity contribution in [3.8, 4) is 5.75 Å². The van der Waals surface area contributed by atoms with E-state index >= 15 is 0 Å². The van der Waals surface area contributed by atoms with E-state index in [9.17, 15) is 14.4 Å². The van der Waals surface area contributed by atoms with Crippen molar-refractivity contribution in [2.24, 2.45) is 0 Å². The maximum absolute atomic E-state index is 12.6. The monoisotopic (exact) mass is 468 g/mol. The van der Waals surface area contributed by atoms with Crippen molar-refractivity contribution in [2.75, 3.05) is 32.8 Å². The van der Waals surface area contributed by atoms with Gasteiger partial charge in [-0.25, -0.2) is 0 Å².